The Labute approximate surface area is 209 Å². The number of carboxylic acid groups (broad SMARTS) is 1. The molecule has 1 aromatic carbocycles. The number of nitrogens with zero attached hydrogens (tertiary/aromatic N) is 1. The summed E-state index contributed by atoms with van der Waals surface area (Å²) in [5.41, 5.74) is 7.67. The molecule has 0 bridgehead atoms. The fraction of sp³-hybridized carbons (Fsp3) is 0.520. The Morgan fingerprint density at radius 3 is 2.50 bits per heavy atom. The number of nitrogens with two attached hydrogens (primary N) is 1. The summed E-state index contributed by atoms with van der Waals surface area (Å²) < 4.78 is 0. The van der Waals surface area contributed by atoms with Crippen molar-refractivity contribution in [3.05, 3.63) is 36.0 Å². The number of carbonyl (C=O) groups is 4. The molecule has 3 rings (SSSR count). The molecule has 0 spiro atoms. The molecule has 196 valence electrons. The zero-order chi connectivity index (χ0) is 26.4. The van der Waals surface area contributed by atoms with Gasteiger partial charge in [0.15, 0.2) is 0 Å². The summed E-state index contributed by atoms with van der Waals surface area (Å²) in [7, 11) is 0. The number of carboxylic acids is 1. The van der Waals surface area contributed by atoms with E-state index in [1.54, 1.807) is 6.20 Å². The first-order valence-corrected chi connectivity index (χ1v) is 12.2. The maximum absolute atomic E-state index is 13.3. The fourth-order valence-electron chi connectivity index (χ4n) is 4.57. The minimum Gasteiger partial charge on any atom is -0.480 e. The van der Waals surface area contributed by atoms with Gasteiger partial charge in [-0.25, -0.2) is 4.79 Å². The maximum Gasteiger partial charge on any atom is 0.326 e. The van der Waals surface area contributed by atoms with E-state index in [4.69, 9.17) is 5.73 Å². The van der Waals surface area contributed by atoms with Gasteiger partial charge in [0.25, 0.3) is 0 Å². The molecule has 36 heavy (non-hydrogen) atoms. The van der Waals surface area contributed by atoms with Crippen LogP contribution >= 0.6 is 0 Å². The van der Waals surface area contributed by atoms with Gasteiger partial charge in [-0.3, -0.25) is 14.4 Å². The van der Waals surface area contributed by atoms with E-state index < -0.39 is 54.5 Å². The fourth-order valence-corrected chi connectivity index (χ4v) is 4.57. The van der Waals surface area contributed by atoms with E-state index in [1.165, 1.54) is 0 Å². The molecule has 4 unspecified atom stereocenters. The summed E-state index contributed by atoms with van der Waals surface area (Å²) in [6, 6.07) is 3.27. The third-order valence-electron chi connectivity index (χ3n) is 6.41. The molecular weight excluding hydrogens is 466 g/mol. The van der Waals surface area contributed by atoms with Crippen LogP contribution in [0.3, 0.4) is 0 Å². The molecule has 11 heteroatoms. The molecule has 1 saturated heterocycles. The number of carbonyl (C=O) groups excluding carboxylic acids is 3. The summed E-state index contributed by atoms with van der Waals surface area (Å²) in [5.74, 6) is -2.81. The molecule has 3 amide bonds. The molecule has 2 heterocycles. The second-order valence-electron chi connectivity index (χ2n) is 9.63. The van der Waals surface area contributed by atoms with Gasteiger partial charge in [-0.05, 0) is 36.8 Å². The van der Waals surface area contributed by atoms with Crippen molar-refractivity contribution in [3.63, 3.8) is 0 Å². The highest BCUT2D eigenvalue weighted by Crippen LogP contribution is 2.20. The first-order chi connectivity index (χ1) is 17.1. The highest BCUT2D eigenvalue weighted by atomic mass is 16.4. The largest absolute Gasteiger partial charge is 0.480 e. The monoisotopic (exact) mass is 501 g/mol. The number of aliphatic hydroxyl groups is 1. The number of fused-ring (bicyclic) bond motifs is 1. The lowest BCUT2D eigenvalue weighted by atomic mass is 10.0. The van der Waals surface area contributed by atoms with Gasteiger partial charge in [0.2, 0.25) is 17.7 Å². The van der Waals surface area contributed by atoms with Crippen molar-refractivity contribution < 1.29 is 29.4 Å². The van der Waals surface area contributed by atoms with Gasteiger partial charge in [-0.1, -0.05) is 32.0 Å². The van der Waals surface area contributed by atoms with E-state index in [9.17, 15) is 29.4 Å². The molecule has 1 aliphatic heterocycles. The number of benzene rings is 1. The molecule has 4 atom stereocenters. The number of aliphatic carboxylic acids is 1. The molecule has 7 N–H and O–H groups in total. The lowest BCUT2D eigenvalue weighted by molar-refractivity contribution is -0.150. The van der Waals surface area contributed by atoms with Gasteiger partial charge in [0, 0.05) is 30.1 Å². The zero-order valence-corrected chi connectivity index (χ0v) is 20.6. The van der Waals surface area contributed by atoms with Crippen LogP contribution in [0, 0.1) is 5.92 Å². The number of aromatic amines is 1. The van der Waals surface area contributed by atoms with Gasteiger partial charge >= 0.3 is 5.97 Å². The number of likely N-dealkylation sites (tertiary alicyclic amines) is 1. The van der Waals surface area contributed by atoms with Crippen molar-refractivity contribution in [1.29, 1.82) is 0 Å². The number of nitrogens with one attached hydrogen (secondary N) is 3. The van der Waals surface area contributed by atoms with Crippen LogP contribution in [0.1, 0.15) is 38.7 Å². The van der Waals surface area contributed by atoms with Gasteiger partial charge < -0.3 is 36.5 Å². The summed E-state index contributed by atoms with van der Waals surface area (Å²) >= 11 is 0. The van der Waals surface area contributed by atoms with Crippen LogP contribution in [0.4, 0.5) is 0 Å². The topological polar surface area (TPSA) is 178 Å². The Hall–Kier alpha value is -3.44. The third-order valence-corrected chi connectivity index (χ3v) is 6.41. The van der Waals surface area contributed by atoms with Crippen LogP contribution in [-0.4, -0.2) is 81.1 Å². The molecule has 0 saturated carbocycles. The lowest BCUT2D eigenvalue weighted by Crippen LogP contribution is -2.58. The Balaban J connectivity index is 1.80. The zero-order valence-electron chi connectivity index (χ0n) is 20.6. The summed E-state index contributed by atoms with van der Waals surface area (Å²) in [6.45, 7) is 3.38. The summed E-state index contributed by atoms with van der Waals surface area (Å²) in [6.07, 6.45) is 3.11. The van der Waals surface area contributed by atoms with Gasteiger partial charge in [-0.2, -0.15) is 0 Å². The number of amides is 3. The van der Waals surface area contributed by atoms with Gasteiger partial charge in [0.05, 0.1) is 12.6 Å². The van der Waals surface area contributed by atoms with Crippen molar-refractivity contribution in [2.24, 2.45) is 11.7 Å². The summed E-state index contributed by atoms with van der Waals surface area (Å²) in [5, 5.41) is 25.3. The van der Waals surface area contributed by atoms with E-state index in [0.29, 0.717) is 19.3 Å². The van der Waals surface area contributed by atoms with Crippen LogP contribution in [0.2, 0.25) is 0 Å². The highest BCUT2D eigenvalue weighted by Gasteiger charge is 2.38. The second kappa shape index (κ2) is 12.0. The molecular formula is C25H35N5O6. The Bertz CT molecular complexity index is 1100. The minimum absolute atomic E-state index is 0.115. The smallest absolute Gasteiger partial charge is 0.326 e. The minimum atomic E-state index is -1.34. The molecule has 0 radical (unpaired) electrons. The molecule has 1 fully saturated rings. The van der Waals surface area contributed by atoms with Crippen molar-refractivity contribution in [2.45, 2.75) is 63.7 Å². The van der Waals surface area contributed by atoms with Crippen molar-refractivity contribution in [1.82, 2.24) is 20.5 Å². The Morgan fingerprint density at radius 2 is 1.83 bits per heavy atom. The van der Waals surface area contributed by atoms with Crippen LogP contribution < -0.4 is 16.4 Å². The number of para-hydroxylation sites is 1. The van der Waals surface area contributed by atoms with Crippen molar-refractivity contribution >= 4 is 34.6 Å². The lowest BCUT2D eigenvalue weighted by Gasteiger charge is -2.28. The van der Waals surface area contributed by atoms with Crippen LogP contribution in [0.25, 0.3) is 10.9 Å². The van der Waals surface area contributed by atoms with Crippen LogP contribution in [0.15, 0.2) is 30.5 Å². The van der Waals surface area contributed by atoms with Crippen molar-refractivity contribution in [2.75, 3.05) is 13.2 Å². The van der Waals surface area contributed by atoms with Gasteiger partial charge in [0.1, 0.15) is 18.1 Å². The average Bonchev–Trinajstić information content (AvgIpc) is 3.49. The number of hydrogen-bond donors (Lipinski definition) is 6. The van der Waals surface area contributed by atoms with Crippen molar-refractivity contribution in [3.8, 4) is 0 Å². The molecule has 2 aromatic rings. The molecule has 1 aromatic heterocycles. The van der Waals surface area contributed by atoms with Crippen LogP contribution in [0.5, 0.6) is 0 Å². The summed E-state index contributed by atoms with van der Waals surface area (Å²) in [4.78, 5) is 54.9. The Kier molecular flexibility index (Phi) is 9.05. The maximum atomic E-state index is 13.3. The number of hydrogen-bond acceptors (Lipinski definition) is 6. The average molecular weight is 502 g/mol. The second-order valence-corrected chi connectivity index (χ2v) is 9.63. The predicted octanol–water partition coefficient (Wildman–Crippen LogP) is 0.121. The number of rotatable bonds is 11. The highest BCUT2D eigenvalue weighted by molar-refractivity contribution is 5.95. The van der Waals surface area contributed by atoms with E-state index >= 15 is 0 Å². The third kappa shape index (κ3) is 6.41. The number of H-pyrrole nitrogens is 1. The molecule has 1 aliphatic rings. The van der Waals surface area contributed by atoms with Crippen LogP contribution in [-0.2, 0) is 25.6 Å². The molecule has 11 nitrogen and oxygen atoms in total. The SMILES string of the molecule is CC(C)CC(N)C(=O)NC(Cc1c[nH]c2ccccc12)C(=O)NC(CO)C(=O)N1CCCC1C(=O)O. The van der Waals surface area contributed by atoms with E-state index in [1.807, 2.05) is 38.1 Å². The Morgan fingerprint density at radius 1 is 1.14 bits per heavy atom. The predicted molar refractivity (Wildman–Crippen MR) is 133 cm³/mol. The van der Waals surface area contributed by atoms with E-state index in [2.05, 4.69) is 15.6 Å². The molecule has 0 aliphatic carbocycles. The first kappa shape index (κ1) is 27.2. The first-order valence-electron chi connectivity index (χ1n) is 12.2. The standard InChI is InChI=1S/C25H35N5O6/c1-14(2)10-17(26)22(32)28-19(11-15-12-27-18-7-4-3-6-16(15)18)23(33)29-20(13-31)24(34)30-9-5-8-21(30)25(35)36/h3-4,6-7,12,14,17,19-21,27,31H,5,8-11,13,26H2,1-2H3,(H,28,32)(H,29,33)(H,35,36). The van der Waals surface area contributed by atoms with E-state index in [0.717, 1.165) is 21.4 Å². The van der Waals surface area contributed by atoms with E-state index in [-0.39, 0.29) is 18.9 Å². The normalized spacial score (nSPS) is 18.1. The van der Waals surface area contributed by atoms with Gasteiger partial charge in [-0.15, -0.1) is 0 Å². The number of aliphatic hydroxyl groups excluding tert-OH is 1. The quantitative estimate of drug-likeness (QED) is 0.253. The number of aromatic nitrogens is 1.